The first-order valence-electron chi connectivity index (χ1n) is 7.48. The van der Waals surface area contributed by atoms with Crippen LogP contribution >= 0.6 is 11.8 Å². The van der Waals surface area contributed by atoms with Crippen molar-refractivity contribution < 1.29 is 9.59 Å². The van der Waals surface area contributed by atoms with Gasteiger partial charge in [-0.2, -0.15) is 0 Å². The van der Waals surface area contributed by atoms with Gasteiger partial charge in [0, 0.05) is 17.0 Å². The highest BCUT2D eigenvalue weighted by Gasteiger charge is 2.23. The van der Waals surface area contributed by atoms with E-state index >= 15 is 0 Å². The second-order valence-corrected chi connectivity index (χ2v) is 7.01. The van der Waals surface area contributed by atoms with Crippen LogP contribution in [0.25, 0.3) is 0 Å². The van der Waals surface area contributed by atoms with E-state index < -0.39 is 0 Å². The summed E-state index contributed by atoms with van der Waals surface area (Å²) in [5.41, 5.74) is 3.50. The zero-order valence-corrected chi connectivity index (χ0v) is 13.9. The number of thioether (sulfide) groups is 1. The molecule has 2 N–H and O–H groups in total. The van der Waals surface area contributed by atoms with E-state index in [0.717, 1.165) is 10.5 Å². The Labute approximate surface area is 139 Å². The summed E-state index contributed by atoms with van der Waals surface area (Å²) in [7, 11) is 0. The predicted octanol–water partition coefficient (Wildman–Crippen LogP) is 3.36. The average Bonchev–Trinajstić information content (AvgIpc) is 2.54. The Morgan fingerprint density at radius 1 is 1.22 bits per heavy atom. The molecule has 0 saturated carbocycles. The van der Waals surface area contributed by atoms with E-state index in [4.69, 9.17) is 0 Å². The number of benzene rings is 2. The Bertz CT molecular complexity index is 756. The Hall–Kier alpha value is -2.27. The van der Waals surface area contributed by atoms with Crippen molar-refractivity contribution in [3.05, 3.63) is 59.2 Å². The van der Waals surface area contributed by atoms with Gasteiger partial charge in [0.2, 0.25) is 5.91 Å². The maximum atomic E-state index is 12.3. The summed E-state index contributed by atoms with van der Waals surface area (Å²) in [6.45, 7) is 4.38. The lowest BCUT2D eigenvalue weighted by Crippen LogP contribution is -2.27. The topological polar surface area (TPSA) is 58.2 Å². The molecule has 1 heterocycles. The van der Waals surface area contributed by atoms with Crippen molar-refractivity contribution in [3.63, 3.8) is 0 Å². The monoisotopic (exact) mass is 326 g/mol. The number of amides is 2. The van der Waals surface area contributed by atoms with Gasteiger partial charge in [-0.1, -0.05) is 29.8 Å². The molecule has 5 heteroatoms. The van der Waals surface area contributed by atoms with Gasteiger partial charge < -0.3 is 10.6 Å². The summed E-state index contributed by atoms with van der Waals surface area (Å²) in [5, 5.41) is 5.64. The number of anilines is 1. The minimum absolute atomic E-state index is 0.0280. The SMILES string of the molecule is Cc1ccc(CNC(=O)c2ccc3c(c2)NC(=O)C(C)S3)cc1. The summed E-state index contributed by atoms with van der Waals surface area (Å²) in [6, 6.07) is 13.5. The van der Waals surface area contributed by atoms with E-state index in [1.165, 1.54) is 17.3 Å². The van der Waals surface area contributed by atoms with E-state index in [-0.39, 0.29) is 17.1 Å². The van der Waals surface area contributed by atoms with E-state index in [0.29, 0.717) is 17.8 Å². The minimum atomic E-state index is -0.147. The molecule has 0 bridgehead atoms. The second kappa shape index (κ2) is 6.46. The molecule has 2 amide bonds. The third-order valence-corrected chi connectivity index (χ3v) is 4.92. The van der Waals surface area contributed by atoms with Gasteiger partial charge in [0.25, 0.3) is 5.91 Å². The van der Waals surface area contributed by atoms with E-state index in [1.54, 1.807) is 12.1 Å². The molecule has 1 atom stereocenters. The fourth-order valence-corrected chi connectivity index (χ4v) is 3.27. The van der Waals surface area contributed by atoms with Crippen LogP contribution in [0.3, 0.4) is 0 Å². The quantitative estimate of drug-likeness (QED) is 0.909. The Morgan fingerprint density at radius 2 is 1.96 bits per heavy atom. The smallest absolute Gasteiger partial charge is 0.251 e. The minimum Gasteiger partial charge on any atom is -0.348 e. The molecule has 1 unspecified atom stereocenters. The molecule has 4 nitrogen and oxygen atoms in total. The number of hydrogen-bond donors (Lipinski definition) is 2. The van der Waals surface area contributed by atoms with Gasteiger partial charge in [0.15, 0.2) is 0 Å². The Kier molecular flexibility index (Phi) is 4.39. The van der Waals surface area contributed by atoms with E-state index in [2.05, 4.69) is 10.6 Å². The van der Waals surface area contributed by atoms with E-state index in [9.17, 15) is 9.59 Å². The van der Waals surface area contributed by atoms with Crippen LogP contribution in [-0.2, 0) is 11.3 Å². The lowest BCUT2D eigenvalue weighted by atomic mass is 10.1. The first-order valence-corrected chi connectivity index (χ1v) is 8.36. The van der Waals surface area contributed by atoms with Crippen LogP contribution in [0.2, 0.25) is 0 Å². The van der Waals surface area contributed by atoms with Gasteiger partial charge in [0.1, 0.15) is 0 Å². The predicted molar refractivity (Wildman–Crippen MR) is 92.7 cm³/mol. The first kappa shape index (κ1) is 15.6. The molecule has 2 aromatic rings. The molecule has 118 valence electrons. The first-order chi connectivity index (χ1) is 11.0. The van der Waals surface area contributed by atoms with Gasteiger partial charge >= 0.3 is 0 Å². The van der Waals surface area contributed by atoms with Crippen molar-refractivity contribution in [1.29, 1.82) is 0 Å². The van der Waals surface area contributed by atoms with Crippen LogP contribution < -0.4 is 10.6 Å². The molecule has 0 fully saturated rings. The van der Waals surface area contributed by atoms with Gasteiger partial charge in [-0.25, -0.2) is 0 Å². The molecular weight excluding hydrogens is 308 g/mol. The maximum absolute atomic E-state index is 12.3. The van der Waals surface area contributed by atoms with Gasteiger partial charge in [-0.05, 0) is 37.6 Å². The summed E-state index contributed by atoms with van der Waals surface area (Å²) in [6.07, 6.45) is 0. The van der Waals surface area contributed by atoms with Crippen molar-refractivity contribution in [2.24, 2.45) is 0 Å². The van der Waals surface area contributed by atoms with Crippen LogP contribution in [0.15, 0.2) is 47.4 Å². The second-order valence-electron chi connectivity index (χ2n) is 5.63. The molecule has 1 aliphatic rings. The molecule has 0 spiro atoms. The normalized spacial score (nSPS) is 16.4. The van der Waals surface area contributed by atoms with E-state index in [1.807, 2.05) is 44.2 Å². The molecule has 0 radical (unpaired) electrons. The largest absolute Gasteiger partial charge is 0.348 e. The fraction of sp³-hybridized carbons (Fsp3) is 0.222. The van der Waals surface area contributed by atoms with Crippen molar-refractivity contribution in [3.8, 4) is 0 Å². The molecular formula is C18H18N2O2S. The van der Waals surface area contributed by atoms with Crippen LogP contribution in [-0.4, -0.2) is 17.1 Å². The summed E-state index contributed by atoms with van der Waals surface area (Å²) in [4.78, 5) is 25.0. The molecule has 23 heavy (non-hydrogen) atoms. The van der Waals surface area contributed by atoms with Crippen LogP contribution in [0.5, 0.6) is 0 Å². The van der Waals surface area contributed by atoms with Crippen LogP contribution in [0.4, 0.5) is 5.69 Å². The number of carbonyl (C=O) groups is 2. The third-order valence-electron chi connectivity index (χ3n) is 3.75. The number of nitrogens with one attached hydrogen (secondary N) is 2. The van der Waals surface area contributed by atoms with Crippen molar-refractivity contribution in [2.75, 3.05) is 5.32 Å². The average molecular weight is 326 g/mol. The molecule has 3 rings (SSSR count). The highest BCUT2D eigenvalue weighted by molar-refractivity contribution is 8.00. The summed E-state index contributed by atoms with van der Waals surface area (Å²) < 4.78 is 0. The summed E-state index contributed by atoms with van der Waals surface area (Å²) in [5.74, 6) is -0.175. The van der Waals surface area contributed by atoms with Gasteiger partial charge in [-0.3, -0.25) is 9.59 Å². The molecule has 0 aromatic heterocycles. The molecule has 1 aliphatic heterocycles. The number of carbonyl (C=O) groups excluding carboxylic acids is 2. The fourth-order valence-electron chi connectivity index (χ4n) is 2.34. The molecule has 0 saturated heterocycles. The van der Waals surface area contributed by atoms with Crippen molar-refractivity contribution in [2.45, 2.75) is 30.5 Å². The number of aryl methyl sites for hydroxylation is 1. The zero-order chi connectivity index (χ0) is 16.4. The van der Waals surface area contributed by atoms with Crippen LogP contribution in [0.1, 0.15) is 28.4 Å². The third kappa shape index (κ3) is 3.56. The zero-order valence-electron chi connectivity index (χ0n) is 13.1. The molecule has 0 aliphatic carbocycles. The Balaban J connectivity index is 1.69. The highest BCUT2D eigenvalue weighted by Crippen LogP contribution is 2.35. The summed E-state index contributed by atoms with van der Waals surface area (Å²) >= 11 is 1.51. The van der Waals surface area contributed by atoms with Crippen LogP contribution in [0, 0.1) is 6.92 Å². The lowest BCUT2D eigenvalue weighted by molar-refractivity contribution is -0.115. The lowest BCUT2D eigenvalue weighted by Gasteiger charge is -2.21. The van der Waals surface area contributed by atoms with Gasteiger partial charge in [-0.15, -0.1) is 11.8 Å². The number of rotatable bonds is 3. The van der Waals surface area contributed by atoms with Crippen molar-refractivity contribution >= 4 is 29.3 Å². The highest BCUT2D eigenvalue weighted by atomic mass is 32.2. The standard InChI is InChI=1S/C18H18N2O2S/c1-11-3-5-13(6-4-11)10-19-18(22)14-7-8-16-15(9-14)20-17(21)12(2)23-16/h3-9,12H,10H2,1-2H3,(H,19,22)(H,20,21). The maximum Gasteiger partial charge on any atom is 0.251 e. The van der Waals surface area contributed by atoms with Gasteiger partial charge in [0.05, 0.1) is 10.9 Å². The molecule has 2 aromatic carbocycles. The van der Waals surface area contributed by atoms with Crippen molar-refractivity contribution in [1.82, 2.24) is 5.32 Å². The Morgan fingerprint density at radius 3 is 2.70 bits per heavy atom. The number of hydrogen-bond acceptors (Lipinski definition) is 3. The number of fused-ring (bicyclic) bond motifs is 1.